The van der Waals surface area contributed by atoms with Crippen molar-refractivity contribution >= 4 is 16.3 Å². The van der Waals surface area contributed by atoms with Crippen LogP contribution in [0.4, 0.5) is 0 Å². The van der Waals surface area contributed by atoms with Gasteiger partial charge in [0.15, 0.2) is 0 Å². The van der Waals surface area contributed by atoms with Crippen LogP contribution in [0.3, 0.4) is 0 Å². The van der Waals surface area contributed by atoms with Crippen LogP contribution in [0.1, 0.15) is 20.8 Å². The van der Waals surface area contributed by atoms with Crippen LogP contribution in [0, 0.1) is 5.41 Å². The molecule has 0 fully saturated rings. The molecule has 0 amide bonds. The summed E-state index contributed by atoms with van der Waals surface area (Å²) in [5.74, 6) is 0. The number of rotatable bonds is 0. The van der Waals surface area contributed by atoms with E-state index in [2.05, 4.69) is 20.8 Å². The minimum atomic E-state index is 0. The van der Waals surface area contributed by atoms with Gasteiger partial charge in [-0.3, -0.25) is 0 Å². The largest absolute Gasteiger partial charge is 0.412 e. The molecular formula is C5H15AlO. The van der Waals surface area contributed by atoms with E-state index in [1.807, 2.05) is 0 Å². The van der Waals surface area contributed by atoms with Gasteiger partial charge < -0.3 is 5.48 Å². The quantitative estimate of drug-likeness (QED) is 0.409. The molecule has 0 bridgehead atoms. The van der Waals surface area contributed by atoms with Gasteiger partial charge in [-0.15, -0.1) is 0 Å². The molecule has 0 aromatic rings. The van der Waals surface area contributed by atoms with Gasteiger partial charge in [0.25, 0.3) is 0 Å². The van der Waals surface area contributed by atoms with Crippen molar-refractivity contribution in [1.29, 1.82) is 0 Å². The lowest BCUT2D eigenvalue weighted by Gasteiger charge is -2.13. The zero-order valence-electron chi connectivity index (χ0n) is 5.71. The Balaban J connectivity index is 0. The summed E-state index contributed by atoms with van der Waals surface area (Å²) in [6, 6.07) is 0. The predicted octanol–water partition coefficient (Wildman–Crippen LogP) is 0.259. The Labute approximate surface area is 53.8 Å². The van der Waals surface area contributed by atoms with Gasteiger partial charge >= 0.3 is 0 Å². The van der Waals surface area contributed by atoms with Gasteiger partial charge in [-0.25, -0.2) is 0 Å². The molecule has 0 rings (SSSR count). The average molecular weight is 118 g/mol. The van der Waals surface area contributed by atoms with Gasteiger partial charge in [0.1, 0.15) is 0 Å². The van der Waals surface area contributed by atoms with Gasteiger partial charge in [-0.1, -0.05) is 31.5 Å². The summed E-state index contributed by atoms with van der Waals surface area (Å²) in [5.41, 5.74) is 0.603. The second-order valence-corrected chi connectivity index (χ2v) is 3.62. The SMILES string of the molecule is CC(C)(C)[CH2][AlH2].O. The van der Waals surface area contributed by atoms with Gasteiger partial charge in [-0.2, -0.15) is 0 Å². The van der Waals surface area contributed by atoms with Gasteiger partial charge in [0.05, 0.1) is 0 Å². The van der Waals surface area contributed by atoms with E-state index >= 15 is 0 Å². The smallest absolute Gasteiger partial charge is 0.212 e. The lowest BCUT2D eigenvalue weighted by atomic mass is 10.0. The average Bonchev–Trinajstić information content (AvgIpc) is 1.35. The van der Waals surface area contributed by atoms with E-state index in [1.54, 1.807) is 0 Å². The van der Waals surface area contributed by atoms with Crippen molar-refractivity contribution in [2.24, 2.45) is 5.41 Å². The van der Waals surface area contributed by atoms with E-state index in [-0.39, 0.29) is 5.48 Å². The van der Waals surface area contributed by atoms with Crippen molar-refractivity contribution in [3.8, 4) is 0 Å². The van der Waals surface area contributed by atoms with E-state index in [4.69, 9.17) is 0 Å². The Morgan fingerprint density at radius 3 is 1.43 bits per heavy atom. The molecule has 0 aliphatic carbocycles. The molecule has 2 heteroatoms. The molecule has 0 aromatic carbocycles. The Morgan fingerprint density at radius 2 is 1.43 bits per heavy atom. The highest BCUT2D eigenvalue weighted by atomic mass is 27.0. The first-order chi connectivity index (χ1) is 2.56. The minimum absolute atomic E-state index is 0. The van der Waals surface area contributed by atoms with E-state index in [1.165, 1.54) is 21.6 Å². The standard InChI is InChI=1S/C5H11.Al.H2O.2H/c1-5(2,3)4;;;;/h1H2,2-4H3;;1H2;;. The van der Waals surface area contributed by atoms with Crippen LogP contribution in [0.2, 0.25) is 5.28 Å². The summed E-state index contributed by atoms with van der Waals surface area (Å²) in [4.78, 5) is 0. The summed E-state index contributed by atoms with van der Waals surface area (Å²) < 4.78 is 0. The summed E-state index contributed by atoms with van der Waals surface area (Å²) in [6.07, 6.45) is 0. The maximum atomic E-state index is 2.28. The summed E-state index contributed by atoms with van der Waals surface area (Å²) in [7, 11) is 0. The van der Waals surface area contributed by atoms with E-state index in [0.717, 1.165) is 0 Å². The van der Waals surface area contributed by atoms with Crippen molar-refractivity contribution in [2.45, 2.75) is 26.1 Å². The molecule has 1 nitrogen and oxygen atoms in total. The van der Waals surface area contributed by atoms with E-state index in [0.29, 0.717) is 5.41 Å². The van der Waals surface area contributed by atoms with Crippen molar-refractivity contribution in [1.82, 2.24) is 0 Å². The molecule has 0 atom stereocenters. The fraction of sp³-hybridized carbons (Fsp3) is 1.00. The van der Waals surface area contributed by atoms with Crippen LogP contribution in [0.5, 0.6) is 0 Å². The third-order valence-electron chi connectivity index (χ3n) is 1.06. The molecule has 0 saturated heterocycles. The molecular weight excluding hydrogens is 103 g/mol. The molecule has 44 valence electrons. The Bertz CT molecular complexity index is 37.8. The van der Waals surface area contributed by atoms with Crippen molar-refractivity contribution < 1.29 is 5.48 Å². The molecule has 0 radical (unpaired) electrons. The second-order valence-electron chi connectivity index (χ2n) is 2.91. The number of hydrogen-bond acceptors (Lipinski definition) is 0. The van der Waals surface area contributed by atoms with Gasteiger partial charge in [0.2, 0.25) is 16.3 Å². The first-order valence-corrected chi connectivity index (χ1v) is 3.97. The molecule has 0 saturated carbocycles. The fourth-order valence-corrected chi connectivity index (χ4v) is 0. The van der Waals surface area contributed by atoms with Crippen LogP contribution < -0.4 is 0 Å². The van der Waals surface area contributed by atoms with Crippen LogP contribution >= 0.6 is 0 Å². The normalized spacial score (nSPS) is 10.1. The molecule has 2 N–H and O–H groups in total. The lowest BCUT2D eigenvalue weighted by Crippen LogP contribution is -2.01. The van der Waals surface area contributed by atoms with Crippen LogP contribution in [-0.4, -0.2) is 21.8 Å². The highest BCUT2D eigenvalue weighted by Crippen LogP contribution is 2.15. The van der Waals surface area contributed by atoms with Gasteiger partial charge in [0, 0.05) is 0 Å². The first-order valence-electron chi connectivity index (χ1n) is 2.56. The Kier molecular flexibility index (Phi) is 5.22. The van der Waals surface area contributed by atoms with Crippen LogP contribution in [-0.2, 0) is 0 Å². The topological polar surface area (TPSA) is 31.5 Å². The highest BCUT2D eigenvalue weighted by molar-refractivity contribution is 6.08. The van der Waals surface area contributed by atoms with Crippen molar-refractivity contribution in [3.63, 3.8) is 0 Å². The predicted molar refractivity (Wildman–Crippen MR) is 36.4 cm³/mol. The van der Waals surface area contributed by atoms with Crippen LogP contribution in [0.25, 0.3) is 0 Å². The molecule has 0 heterocycles. The maximum Gasteiger partial charge on any atom is 0.212 e. The number of hydrogen-bond donors (Lipinski definition) is 0. The van der Waals surface area contributed by atoms with Crippen molar-refractivity contribution in [3.05, 3.63) is 0 Å². The molecule has 7 heavy (non-hydrogen) atoms. The summed E-state index contributed by atoms with van der Waals surface area (Å²) in [6.45, 7) is 6.83. The Hall–Kier alpha value is 0.492. The molecule has 0 unspecified atom stereocenters. The van der Waals surface area contributed by atoms with Gasteiger partial charge in [-0.05, 0) is 0 Å². The second kappa shape index (κ2) is 3.49. The molecule has 0 aromatic heterocycles. The third-order valence-corrected chi connectivity index (χ3v) is 3.18. The zero-order valence-corrected chi connectivity index (χ0v) is 7.71. The summed E-state index contributed by atoms with van der Waals surface area (Å²) >= 11 is 1.35. The first kappa shape index (κ1) is 10.5. The lowest BCUT2D eigenvalue weighted by molar-refractivity contribution is 0.469. The molecule has 0 aliphatic rings. The third kappa shape index (κ3) is 10.7. The van der Waals surface area contributed by atoms with E-state index in [9.17, 15) is 0 Å². The molecule has 0 spiro atoms. The summed E-state index contributed by atoms with van der Waals surface area (Å²) in [5, 5.41) is 1.41. The maximum absolute atomic E-state index is 2.28. The van der Waals surface area contributed by atoms with Crippen LogP contribution in [0.15, 0.2) is 0 Å². The zero-order chi connectivity index (χ0) is 5.21. The van der Waals surface area contributed by atoms with Crippen molar-refractivity contribution in [2.75, 3.05) is 0 Å². The highest BCUT2D eigenvalue weighted by Gasteiger charge is 2.03. The monoisotopic (exact) mass is 118 g/mol. The van der Waals surface area contributed by atoms with E-state index < -0.39 is 0 Å². The minimum Gasteiger partial charge on any atom is -0.412 e. The molecule has 0 aliphatic heterocycles. The Morgan fingerprint density at radius 1 is 1.29 bits per heavy atom. The fourth-order valence-electron chi connectivity index (χ4n) is 0.